The van der Waals surface area contributed by atoms with Gasteiger partial charge in [0.1, 0.15) is 11.6 Å². The summed E-state index contributed by atoms with van der Waals surface area (Å²) < 4.78 is 5.66. The summed E-state index contributed by atoms with van der Waals surface area (Å²) in [5.74, 6) is 2.21. The number of hydrogen-bond acceptors (Lipinski definition) is 5. The number of furan rings is 1. The quantitative estimate of drug-likeness (QED) is 0.276. The molecule has 0 aliphatic carbocycles. The third-order valence-electron chi connectivity index (χ3n) is 6.13. The van der Waals surface area contributed by atoms with Crippen LogP contribution in [0.4, 0.5) is 5.82 Å². The molecule has 0 fully saturated rings. The van der Waals surface area contributed by atoms with E-state index in [1.165, 1.54) is 0 Å². The van der Waals surface area contributed by atoms with Crippen molar-refractivity contribution in [3.8, 4) is 11.4 Å². The van der Waals surface area contributed by atoms with Crippen LogP contribution in [0.25, 0.3) is 22.3 Å². The van der Waals surface area contributed by atoms with Crippen LogP contribution in [-0.2, 0) is 11.3 Å². The monoisotopic (exact) mass is 476 g/mol. The molecule has 180 valence electrons. The second kappa shape index (κ2) is 10.9. The minimum absolute atomic E-state index is 0.0163. The van der Waals surface area contributed by atoms with E-state index in [9.17, 15) is 4.79 Å². The lowest BCUT2D eigenvalue weighted by atomic mass is 10.1. The van der Waals surface area contributed by atoms with Crippen LogP contribution >= 0.6 is 0 Å². The number of carbonyl (C=O) groups excluding carboxylic acids is 1. The molecular weight excluding hydrogens is 448 g/mol. The van der Waals surface area contributed by atoms with Crippen LogP contribution in [0.5, 0.6) is 0 Å². The Balaban J connectivity index is 1.44. The zero-order valence-electron chi connectivity index (χ0n) is 20.2. The first-order valence-electron chi connectivity index (χ1n) is 12.1. The molecule has 3 aromatic carbocycles. The number of amides is 1. The molecule has 5 aromatic rings. The molecule has 1 atom stereocenters. The molecule has 2 heterocycles. The maximum atomic E-state index is 12.9. The van der Waals surface area contributed by atoms with Crippen molar-refractivity contribution in [3.05, 3.63) is 115 Å². The number of para-hydroxylation sites is 1. The fourth-order valence-corrected chi connectivity index (χ4v) is 4.24. The molecule has 0 saturated carbocycles. The van der Waals surface area contributed by atoms with E-state index in [1.807, 2.05) is 104 Å². The Kier molecular flexibility index (Phi) is 7.03. The van der Waals surface area contributed by atoms with E-state index < -0.39 is 0 Å². The molecule has 0 bridgehead atoms. The van der Waals surface area contributed by atoms with Crippen molar-refractivity contribution < 1.29 is 9.21 Å². The minimum Gasteiger partial charge on any atom is -0.467 e. The summed E-state index contributed by atoms with van der Waals surface area (Å²) in [6, 6.07) is 31.6. The maximum absolute atomic E-state index is 12.9. The lowest BCUT2D eigenvalue weighted by Gasteiger charge is -2.25. The Hall–Kier alpha value is -4.45. The highest BCUT2D eigenvalue weighted by Gasteiger charge is 2.19. The number of carbonyl (C=O) groups is 1. The molecule has 1 unspecified atom stereocenters. The highest BCUT2D eigenvalue weighted by Crippen LogP contribution is 2.29. The molecule has 0 aliphatic heterocycles. The SMILES string of the molecule is CC(NC(=O)CCN(Cc1ccco1)c1nc(-c2ccccc2)nc2ccccc12)c1ccccc1. The topological polar surface area (TPSA) is 71.3 Å². The van der Waals surface area contributed by atoms with Crippen molar-refractivity contribution in [3.63, 3.8) is 0 Å². The van der Waals surface area contributed by atoms with Gasteiger partial charge in [-0.05, 0) is 36.8 Å². The summed E-state index contributed by atoms with van der Waals surface area (Å²) in [7, 11) is 0. The van der Waals surface area contributed by atoms with Crippen molar-refractivity contribution in [1.82, 2.24) is 15.3 Å². The van der Waals surface area contributed by atoms with Crippen LogP contribution in [0, 0.1) is 0 Å². The summed E-state index contributed by atoms with van der Waals surface area (Å²) in [5.41, 5.74) is 2.87. The van der Waals surface area contributed by atoms with Crippen molar-refractivity contribution in [2.45, 2.75) is 25.9 Å². The number of fused-ring (bicyclic) bond motifs is 1. The summed E-state index contributed by atoms with van der Waals surface area (Å²) in [4.78, 5) is 24.8. The van der Waals surface area contributed by atoms with Gasteiger partial charge in [0.15, 0.2) is 5.82 Å². The smallest absolute Gasteiger partial charge is 0.222 e. The van der Waals surface area contributed by atoms with Gasteiger partial charge in [-0.1, -0.05) is 72.8 Å². The Morgan fingerprint density at radius 1 is 0.889 bits per heavy atom. The highest BCUT2D eigenvalue weighted by atomic mass is 16.3. The largest absolute Gasteiger partial charge is 0.467 e. The number of nitrogens with zero attached hydrogens (tertiary/aromatic N) is 3. The number of benzene rings is 3. The van der Waals surface area contributed by atoms with Crippen LogP contribution in [0.2, 0.25) is 0 Å². The van der Waals surface area contributed by atoms with E-state index in [1.54, 1.807) is 6.26 Å². The molecule has 6 nitrogen and oxygen atoms in total. The summed E-state index contributed by atoms with van der Waals surface area (Å²) in [6.45, 7) is 2.96. The molecule has 5 rings (SSSR count). The van der Waals surface area contributed by atoms with Gasteiger partial charge in [0.05, 0.1) is 24.4 Å². The lowest BCUT2D eigenvalue weighted by molar-refractivity contribution is -0.121. The van der Waals surface area contributed by atoms with Crippen molar-refractivity contribution in [2.24, 2.45) is 0 Å². The van der Waals surface area contributed by atoms with Gasteiger partial charge in [-0.3, -0.25) is 4.79 Å². The van der Waals surface area contributed by atoms with Crippen molar-refractivity contribution >= 4 is 22.6 Å². The minimum atomic E-state index is -0.0678. The lowest BCUT2D eigenvalue weighted by Crippen LogP contribution is -2.32. The van der Waals surface area contributed by atoms with Gasteiger partial charge in [-0.25, -0.2) is 9.97 Å². The zero-order valence-corrected chi connectivity index (χ0v) is 20.2. The molecule has 36 heavy (non-hydrogen) atoms. The van der Waals surface area contributed by atoms with Gasteiger partial charge < -0.3 is 14.6 Å². The van der Waals surface area contributed by atoms with Crippen LogP contribution < -0.4 is 10.2 Å². The second-order valence-corrected chi connectivity index (χ2v) is 8.70. The predicted octanol–water partition coefficient (Wildman–Crippen LogP) is 6.16. The third-order valence-corrected chi connectivity index (χ3v) is 6.13. The van der Waals surface area contributed by atoms with Crippen molar-refractivity contribution in [1.29, 1.82) is 0 Å². The van der Waals surface area contributed by atoms with Gasteiger partial charge in [-0.15, -0.1) is 0 Å². The van der Waals surface area contributed by atoms with Gasteiger partial charge >= 0.3 is 0 Å². The Morgan fingerprint density at radius 2 is 1.61 bits per heavy atom. The average molecular weight is 477 g/mol. The summed E-state index contributed by atoms with van der Waals surface area (Å²) in [6.07, 6.45) is 1.98. The van der Waals surface area contributed by atoms with Crippen LogP contribution in [0.1, 0.15) is 30.7 Å². The summed E-state index contributed by atoms with van der Waals surface area (Å²) >= 11 is 0. The van der Waals surface area contributed by atoms with Crippen LogP contribution in [-0.4, -0.2) is 22.4 Å². The third kappa shape index (κ3) is 5.44. The average Bonchev–Trinajstić information content (AvgIpc) is 3.44. The van der Waals surface area contributed by atoms with E-state index >= 15 is 0 Å². The fourth-order valence-electron chi connectivity index (χ4n) is 4.24. The van der Waals surface area contributed by atoms with E-state index in [0.717, 1.165) is 33.6 Å². The molecule has 1 N–H and O–H groups in total. The Morgan fingerprint density at radius 3 is 2.36 bits per heavy atom. The van der Waals surface area contributed by atoms with E-state index in [4.69, 9.17) is 14.4 Å². The van der Waals surface area contributed by atoms with E-state index in [-0.39, 0.29) is 11.9 Å². The maximum Gasteiger partial charge on any atom is 0.222 e. The zero-order chi connectivity index (χ0) is 24.7. The number of aromatic nitrogens is 2. The van der Waals surface area contributed by atoms with Gasteiger partial charge in [0, 0.05) is 23.9 Å². The second-order valence-electron chi connectivity index (χ2n) is 8.70. The molecule has 0 spiro atoms. The Bertz CT molecular complexity index is 1420. The molecule has 0 aliphatic rings. The first-order valence-corrected chi connectivity index (χ1v) is 12.1. The summed E-state index contributed by atoms with van der Waals surface area (Å²) in [5, 5.41) is 4.05. The van der Waals surface area contributed by atoms with E-state index in [2.05, 4.69) is 10.2 Å². The molecule has 0 radical (unpaired) electrons. The van der Waals surface area contributed by atoms with E-state index in [0.29, 0.717) is 25.3 Å². The number of hydrogen-bond donors (Lipinski definition) is 1. The standard InChI is InChI=1S/C30H28N4O2/c1-22(23-11-4-2-5-12-23)31-28(35)18-19-34(21-25-15-10-20-36-25)30-26-16-8-9-17-27(26)32-29(33-30)24-13-6-3-7-14-24/h2-17,20,22H,18-19,21H2,1H3,(H,31,35). The van der Waals surface area contributed by atoms with Gasteiger partial charge in [0.2, 0.25) is 5.91 Å². The highest BCUT2D eigenvalue weighted by molar-refractivity contribution is 5.91. The predicted molar refractivity (Wildman–Crippen MR) is 142 cm³/mol. The first-order chi connectivity index (χ1) is 17.7. The normalized spacial score (nSPS) is 11.8. The van der Waals surface area contributed by atoms with Gasteiger partial charge in [-0.2, -0.15) is 0 Å². The molecular formula is C30H28N4O2. The van der Waals surface area contributed by atoms with Crippen LogP contribution in [0.15, 0.2) is 108 Å². The molecule has 0 saturated heterocycles. The van der Waals surface area contributed by atoms with Crippen LogP contribution in [0.3, 0.4) is 0 Å². The number of anilines is 1. The first kappa shape index (κ1) is 23.3. The molecule has 2 aromatic heterocycles. The number of nitrogens with one attached hydrogen (secondary N) is 1. The Labute approximate surface area is 210 Å². The van der Waals surface area contributed by atoms with Gasteiger partial charge in [0.25, 0.3) is 0 Å². The number of rotatable bonds is 9. The van der Waals surface area contributed by atoms with Crippen molar-refractivity contribution in [2.75, 3.05) is 11.4 Å². The fraction of sp³-hybridized carbons (Fsp3) is 0.167. The molecule has 1 amide bonds. The molecule has 6 heteroatoms.